The monoisotopic (exact) mass is 497 g/mol. The summed E-state index contributed by atoms with van der Waals surface area (Å²) in [5.41, 5.74) is -4.80. The van der Waals surface area contributed by atoms with Gasteiger partial charge in [-0.2, -0.15) is 8.78 Å². The molecule has 0 unspecified atom stereocenters. The van der Waals surface area contributed by atoms with Gasteiger partial charge in [-0.3, -0.25) is 9.59 Å². The number of hydrogen-bond acceptors (Lipinski definition) is 4. The molecule has 34 heavy (non-hydrogen) atoms. The number of amides is 1. The number of alkyl halides is 2. The first kappa shape index (κ1) is 25.2. The predicted molar refractivity (Wildman–Crippen MR) is 100.0 cm³/mol. The Labute approximate surface area is 186 Å². The average molecular weight is 497 g/mol. The Morgan fingerprint density at radius 2 is 1.53 bits per heavy atom. The number of rotatable bonds is 5. The third-order valence-electron chi connectivity index (χ3n) is 5.25. The van der Waals surface area contributed by atoms with Crippen molar-refractivity contribution in [2.24, 2.45) is 5.41 Å². The molecule has 0 aromatic heterocycles. The van der Waals surface area contributed by atoms with Crippen molar-refractivity contribution in [1.29, 1.82) is 0 Å². The fourth-order valence-electron chi connectivity index (χ4n) is 3.31. The highest BCUT2D eigenvalue weighted by molar-refractivity contribution is 6.01. The van der Waals surface area contributed by atoms with Gasteiger partial charge in [-0.05, 0) is 26.3 Å². The van der Waals surface area contributed by atoms with Gasteiger partial charge in [-0.1, -0.05) is 0 Å². The van der Waals surface area contributed by atoms with E-state index in [2.05, 4.69) is 9.47 Å². The van der Waals surface area contributed by atoms with E-state index in [0.29, 0.717) is 11.0 Å². The zero-order valence-electron chi connectivity index (χ0n) is 17.7. The van der Waals surface area contributed by atoms with Gasteiger partial charge >= 0.3 is 18.0 Å². The first-order valence-electron chi connectivity index (χ1n) is 9.46. The Bertz CT molecular complexity index is 1170. The number of methoxy groups -OCH3 is 1. The molecule has 0 fully saturated rings. The van der Waals surface area contributed by atoms with Gasteiger partial charge in [-0.25, -0.2) is 26.3 Å². The lowest BCUT2D eigenvalue weighted by atomic mass is 9.89. The van der Waals surface area contributed by atoms with E-state index in [-0.39, 0.29) is 12.5 Å². The van der Waals surface area contributed by atoms with Gasteiger partial charge in [0.2, 0.25) is 5.82 Å². The Kier molecular flexibility index (Phi) is 6.27. The minimum Gasteiger partial charge on any atom is -0.469 e. The van der Waals surface area contributed by atoms with Gasteiger partial charge in [-0.15, -0.1) is 0 Å². The normalized spacial score (nSPS) is 15.1. The maximum absolute atomic E-state index is 14.6. The number of carbonyl (C=O) groups is 2. The fraction of sp³-hybridized carbons (Fsp3) is 0.333. The van der Waals surface area contributed by atoms with E-state index in [1.54, 1.807) is 0 Å². The van der Waals surface area contributed by atoms with Crippen LogP contribution in [-0.4, -0.2) is 31.6 Å². The van der Waals surface area contributed by atoms with Crippen molar-refractivity contribution >= 4 is 17.6 Å². The molecule has 2 aromatic carbocycles. The molecule has 0 spiro atoms. The third-order valence-corrected chi connectivity index (χ3v) is 5.25. The lowest BCUT2D eigenvalue weighted by molar-refractivity contribution is -0.193. The van der Waals surface area contributed by atoms with Crippen LogP contribution in [0.4, 0.5) is 40.8 Å². The zero-order valence-corrected chi connectivity index (χ0v) is 17.7. The van der Waals surface area contributed by atoms with E-state index in [4.69, 9.17) is 0 Å². The summed E-state index contributed by atoms with van der Waals surface area (Å²) in [7, 11) is 1.08. The molecule has 5 nitrogen and oxygen atoms in total. The smallest absolute Gasteiger partial charge is 0.469 e. The summed E-state index contributed by atoms with van der Waals surface area (Å²) in [5, 5.41) is 0. The molecule has 0 bridgehead atoms. The molecule has 184 valence electrons. The van der Waals surface area contributed by atoms with Crippen LogP contribution in [0.5, 0.6) is 5.75 Å². The summed E-state index contributed by atoms with van der Waals surface area (Å²) in [5.74, 6) is -17.3. The fourth-order valence-corrected chi connectivity index (χ4v) is 3.31. The maximum Gasteiger partial charge on any atom is 0.482 e. The molecular formula is C21H15F8NO4. The number of halogens is 8. The summed E-state index contributed by atoms with van der Waals surface area (Å²) < 4.78 is 121. The topological polar surface area (TPSA) is 55.8 Å². The summed E-state index contributed by atoms with van der Waals surface area (Å²) >= 11 is 0. The zero-order chi connectivity index (χ0) is 25.7. The largest absolute Gasteiger partial charge is 0.482 e. The van der Waals surface area contributed by atoms with Crippen molar-refractivity contribution in [3.8, 4) is 16.9 Å². The van der Waals surface area contributed by atoms with Gasteiger partial charge in [0.15, 0.2) is 29.0 Å². The Balaban J connectivity index is 2.18. The van der Waals surface area contributed by atoms with Crippen molar-refractivity contribution in [1.82, 2.24) is 0 Å². The van der Waals surface area contributed by atoms with Crippen molar-refractivity contribution in [3.05, 3.63) is 47.0 Å². The molecule has 2 aromatic rings. The van der Waals surface area contributed by atoms with Gasteiger partial charge in [0.05, 0.1) is 23.8 Å². The molecule has 0 radical (unpaired) electrons. The van der Waals surface area contributed by atoms with Crippen LogP contribution in [0.2, 0.25) is 0 Å². The van der Waals surface area contributed by atoms with Crippen LogP contribution in [0.25, 0.3) is 11.1 Å². The van der Waals surface area contributed by atoms with E-state index in [9.17, 15) is 44.7 Å². The van der Waals surface area contributed by atoms with Crippen LogP contribution in [0.15, 0.2) is 12.1 Å². The maximum atomic E-state index is 14.6. The van der Waals surface area contributed by atoms with Crippen molar-refractivity contribution < 1.29 is 54.2 Å². The highest BCUT2D eigenvalue weighted by atomic mass is 19.3. The standard InChI is InChI=1S/C21H15F8NO4/c1-20(2,19(32)33-3)4-5-30-10-6-8(9(22)7-11(10)34-21(28,29)18(30)31)12-13(23)15(25)17(27)16(26)14(12)24/h6-7H,4-5H2,1-3H3. The second kappa shape index (κ2) is 8.44. The van der Waals surface area contributed by atoms with E-state index in [1.807, 2.05) is 0 Å². The molecule has 1 aliphatic rings. The van der Waals surface area contributed by atoms with Crippen molar-refractivity contribution in [3.63, 3.8) is 0 Å². The third kappa shape index (κ3) is 4.03. The van der Waals surface area contributed by atoms with Crippen LogP contribution in [0, 0.1) is 40.3 Å². The number of carbonyl (C=O) groups excluding carboxylic acids is 2. The molecular weight excluding hydrogens is 482 g/mol. The minimum atomic E-state index is -4.47. The Morgan fingerprint density at radius 1 is 1.00 bits per heavy atom. The van der Waals surface area contributed by atoms with Crippen LogP contribution in [-0.2, 0) is 14.3 Å². The molecule has 1 aliphatic heterocycles. The van der Waals surface area contributed by atoms with Crippen LogP contribution < -0.4 is 9.64 Å². The number of hydrogen-bond donors (Lipinski definition) is 0. The molecule has 1 amide bonds. The Morgan fingerprint density at radius 3 is 2.06 bits per heavy atom. The number of anilines is 1. The second-order valence-corrected chi connectivity index (χ2v) is 7.95. The average Bonchev–Trinajstić information content (AvgIpc) is 2.76. The first-order valence-corrected chi connectivity index (χ1v) is 9.46. The van der Waals surface area contributed by atoms with E-state index >= 15 is 0 Å². The molecule has 0 atom stereocenters. The van der Waals surface area contributed by atoms with E-state index < -0.39 is 87.4 Å². The number of esters is 1. The number of fused-ring (bicyclic) bond motifs is 1. The lowest BCUT2D eigenvalue weighted by Crippen LogP contribution is -2.51. The summed E-state index contributed by atoms with van der Waals surface area (Å²) in [6.07, 6.45) is -4.74. The van der Waals surface area contributed by atoms with Gasteiger partial charge in [0, 0.05) is 18.2 Å². The van der Waals surface area contributed by atoms with Crippen LogP contribution in [0.1, 0.15) is 20.3 Å². The summed E-state index contributed by atoms with van der Waals surface area (Å²) in [6, 6.07) is 0.669. The SMILES string of the molecule is COC(=O)C(C)(C)CCN1C(=O)C(F)(F)Oc2cc(F)c(-c3c(F)c(F)c(F)c(F)c3F)cc21. The van der Waals surface area contributed by atoms with E-state index in [0.717, 1.165) is 7.11 Å². The summed E-state index contributed by atoms with van der Waals surface area (Å²) in [4.78, 5) is 24.5. The predicted octanol–water partition coefficient (Wildman–Crippen LogP) is 5.10. The molecule has 0 N–H and O–H groups in total. The molecule has 13 heteroatoms. The van der Waals surface area contributed by atoms with Crippen molar-refractivity contribution in [2.45, 2.75) is 26.4 Å². The molecule has 3 rings (SSSR count). The van der Waals surface area contributed by atoms with Gasteiger partial charge < -0.3 is 14.4 Å². The van der Waals surface area contributed by atoms with Crippen molar-refractivity contribution in [2.75, 3.05) is 18.6 Å². The number of nitrogens with zero attached hydrogens (tertiary/aromatic N) is 1. The van der Waals surface area contributed by atoms with Crippen LogP contribution in [0.3, 0.4) is 0 Å². The van der Waals surface area contributed by atoms with E-state index in [1.165, 1.54) is 13.8 Å². The lowest BCUT2D eigenvalue weighted by Gasteiger charge is -2.35. The minimum absolute atomic E-state index is 0.224. The summed E-state index contributed by atoms with van der Waals surface area (Å²) in [6.45, 7) is 2.16. The molecule has 0 aliphatic carbocycles. The first-order chi connectivity index (χ1) is 15.6. The van der Waals surface area contributed by atoms with Gasteiger partial charge in [0.25, 0.3) is 0 Å². The quantitative estimate of drug-likeness (QED) is 0.250. The number of benzene rings is 2. The van der Waals surface area contributed by atoms with Crippen LogP contribution >= 0.6 is 0 Å². The molecule has 1 heterocycles. The highest BCUT2D eigenvalue weighted by Gasteiger charge is 2.51. The molecule has 0 saturated heterocycles. The molecule has 0 saturated carbocycles. The second-order valence-electron chi connectivity index (χ2n) is 7.95. The highest BCUT2D eigenvalue weighted by Crippen LogP contribution is 2.44. The number of ether oxygens (including phenoxy) is 2. The Hall–Kier alpha value is -3.38. The van der Waals surface area contributed by atoms with Gasteiger partial charge in [0.1, 0.15) is 5.82 Å².